The first kappa shape index (κ1) is 9.67. The van der Waals surface area contributed by atoms with Crippen molar-refractivity contribution in [3.05, 3.63) is 0 Å². The minimum absolute atomic E-state index is 0.251. The van der Waals surface area contributed by atoms with Crippen LogP contribution in [0.15, 0.2) is 0 Å². The van der Waals surface area contributed by atoms with Crippen LogP contribution in [0.5, 0.6) is 0 Å². The van der Waals surface area contributed by atoms with Crippen LogP contribution in [0.2, 0.25) is 0 Å². The van der Waals surface area contributed by atoms with Gasteiger partial charge in [0.05, 0.1) is 0 Å². The Balaban J connectivity index is 3.36. The van der Waals surface area contributed by atoms with Crippen molar-refractivity contribution in [2.24, 2.45) is 11.8 Å². The van der Waals surface area contributed by atoms with Crippen molar-refractivity contribution in [3.63, 3.8) is 0 Å². The summed E-state index contributed by atoms with van der Waals surface area (Å²) in [7, 11) is 0. The van der Waals surface area contributed by atoms with E-state index < -0.39 is 0 Å². The zero-order valence-corrected chi connectivity index (χ0v) is 7.26. The van der Waals surface area contributed by atoms with Gasteiger partial charge in [-0.15, -0.1) is 0 Å². The molecule has 0 aliphatic carbocycles. The van der Waals surface area contributed by atoms with Gasteiger partial charge in [0.25, 0.3) is 0 Å². The molecule has 1 heteroatoms. The minimum Gasteiger partial charge on any atom is -0.303 e. The predicted molar refractivity (Wildman–Crippen MR) is 43.9 cm³/mol. The highest BCUT2D eigenvalue weighted by Gasteiger charge is 2.05. The predicted octanol–water partition coefficient (Wildman–Crippen LogP) is 2.65. The molecule has 0 aromatic carbocycles. The Kier molecular flexibility index (Phi) is 5.27. The Hall–Kier alpha value is -0.330. The lowest BCUT2D eigenvalue weighted by atomic mass is 9.95. The van der Waals surface area contributed by atoms with Gasteiger partial charge in [0, 0.05) is 5.92 Å². The van der Waals surface area contributed by atoms with Gasteiger partial charge in [0.1, 0.15) is 6.29 Å². The molecule has 10 heavy (non-hydrogen) atoms. The van der Waals surface area contributed by atoms with Crippen molar-refractivity contribution in [3.8, 4) is 0 Å². The molecule has 0 N–H and O–H groups in total. The molecule has 60 valence electrons. The van der Waals surface area contributed by atoms with E-state index in [1.165, 1.54) is 12.8 Å². The van der Waals surface area contributed by atoms with Gasteiger partial charge >= 0.3 is 0 Å². The number of carbonyl (C=O) groups excluding carboxylic acids is 1. The molecular weight excluding hydrogens is 124 g/mol. The van der Waals surface area contributed by atoms with Gasteiger partial charge in [0.15, 0.2) is 0 Å². The molecule has 0 rings (SSSR count). The molecule has 0 aromatic heterocycles. The van der Waals surface area contributed by atoms with Crippen molar-refractivity contribution in [1.82, 2.24) is 0 Å². The van der Waals surface area contributed by atoms with Crippen LogP contribution < -0.4 is 0 Å². The van der Waals surface area contributed by atoms with Gasteiger partial charge in [-0.3, -0.25) is 0 Å². The maximum atomic E-state index is 10.2. The summed E-state index contributed by atoms with van der Waals surface area (Å²) in [5.41, 5.74) is 0. The highest BCUT2D eigenvalue weighted by molar-refractivity contribution is 5.52. The molecule has 0 aliphatic heterocycles. The Morgan fingerprint density at radius 1 is 1.40 bits per heavy atom. The molecule has 0 saturated heterocycles. The third kappa shape index (κ3) is 4.54. The number of hydrogen-bond acceptors (Lipinski definition) is 1. The van der Waals surface area contributed by atoms with E-state index in [4.69, 9.17) is 0 Å². The fourth-order valence-corrected chi connectivity index (χ4v) is 1.30. The Morgan fingerprint density at radius 2 is 2.00 bits per heavy atom. The molecule has 0 aliphatic rings. The van der Waals surface area contributed by atoms with E-state index in [1.807, 2.05) is 6.92 Å². The second-order valence-corrected chi connectivity index (χ2v) is 3.24. The number of hydrogen-bond donors (Lipinski definition) is 0. The second-order valence-electron chi connectivity index (χ2n) is 3.24. The summed E-state index contributed by atoms with van der Waals surface area (Å²) >= 11 is 0. The van der Waals surface area contributed by atoms with E-state index in [9.17, 15) is 4.79 Å². The largest absolute Gasteiger partial charge is 0.303 e. The van der Waals surface area contributed by atoms with Gasteiger partial charge in [0.2, 0.25) is 0 Å². The van der Waals surface area contributed by atoms with Gasteiger partial charge < -0.3 is 4.79 Å². The number of aldehydes is 1. The summed E-state index contributed by atoms with van der Waals surface area (Å²) in [6.45, 7) is 6.38. The maximum Gasteiger partial charge on any atom is 0.122 e. The smallest absolute Gasteiger partial charge is 0.122 e. The third-order valence-corrected chi connectivity index (χ3v) is 1.79. The monoisotopic (exact) mass is 142 g/mol. The SMILES string of the molecule is CCC[C@H](C)C[C@H](C)C=O. The molecule has 0 saturated carbocycles. The molecule has 0 aromatic rings. The quantitative estimate of drug-likeness (QED) is 0.539. The van der Waals surface area contributed by atoms with Crippen LogP contribution in [0, 0.1) is 11.8 Å². The van der Waals surface area contributed by atoms with Crippen LogP contribution in [0.3, 0.4) is 0 Å². The molecule has 0 fully saturated rings. The van der Waals surface area contributed by atoms with E-state index in [1.54, 1.807) is 0 Å². The average Bonchev–Trinajstić information content (AvgIpc) is 1.88. The maximum absolute atomic E-state index is 10.2. The van der Waals surface area contributed by atoms with Crippen LogP contribution in [-0.2, 0) is 4.79 Å². The summed E-state index contributed by atoms with van der Waals surface area (Å²) in [5, 5.41) is 0. The molecule has 0 amide bonds. The first-order chi connectivity index (χ1) is 4.70. The van der Waals surface area contributed by atoms with E-state index in [0.717, 1.165) is 12.7 Å². The van der Waals surface area contributed by atoms with Crippen molar-refractivity contribution < 1.29 is 4.79 Å². The topological polar surface area (TPSA) is 17.1 Å². The number of rotatable bonds is 5. The van der Waals surface area contributed by atoms with Crippen LogP contribution in [0.25, 0.3) is 0 Å². The average molecular weight is 142 g/mol. The lowest BCUT2D eigenvalue weighted by Crippen LogP contribution is -2.03. The zero-order valence-electron chi connectivity index (χ0n) is 7.26. The molecule has 0 bridgehead atoms. The van der Waals surface area contributed by atoms with Crippen molar-refractivity contribution in [1.29, 1.82) is 0 Å². The lowest BCUT2D eigenvalue weighted by molar-refractivity contribution is -0.111. The molecule has 1 nitrogen and oxygen atoms in total. The lowest BCUT2D eigenvalue weighted by Gasteiger charge is -2.10. The van der Waals surface area contributed by atoms with Crippen molar-refractivity contribution in [2.75, 3.05) is 0 Å². The molecule has 2 atom stereocenters. The zero-order chi connectivity index (χ0) is 7.98. The fourth-order valence-electron chi connectivity index (χ4n) is 1.30. The molecule has 0 radical (unpaired) electrons. The summed E-state index contributed by atoms with van der Waals surface area (Å²) in [4.78, 5) is 10.2. The third-order valence-electron chi connectivity index (χ3n) is 1.79. The van der Waals surface area contributed by atoms with Gasteiger partial charge in [-0.25, -0.2) is 0 Å². The standard InChI is InChI=1S/C9H18O/c1-4-5-8(2)6-9(3)7-10/h7-9H,4-6H2,1-3H3/t8-,9-/m0/s1. The van der Waals surface area contributed by atoms with E-state index in [2.05, 4.69) is 13.8 Å². The Morgan fingerprint density at radius 3 is 2.40 bits per heavy atom. The van der Waals surface area contributed by atoms with E-state index >= 15 is 0 Å². The summed E-state index contributed by atoms with van der Waals surface area (Å²) in [5.74, 6) is 0.965. The Labute approximate surface area is 63.8 Å². The first-order valence-electron chi connectivity index (χ1n) is 4.16. The van der Waals surface area contributed by atoms with Gasteiger partial charge in [-0.05, 0) is 12.3 Å². The number of carbonyl (C=O) groups is 1. The first-order valence-corrected chi connectivity index (χ1v) is 4.16. The highest BCUT2D eigenvalue weighted by Crippen LogP contribution is 2.14. The highest BCUT2D eigenvalue weighted by atomic mass is 16.1. The van der Waals surface area contributed by atoms with E-state index in [-0.39, 0.29) is 5.92 Å². The summed E-state index contributed by atoms with van der Waals surface area (Å²) in [6.07, 6.45) is 4.58. The van der Waals surface area contributed by atoms with Crippen LogP contribution in [-0.4, -0.2) is 6.29 Å². The minimum atomic E-state index is 0.251. The van der Waals surface area contributed by atoms with Crippen molar-refractivity contribution >= 4 is 6.29 Å². The summed E-state index contributed by atoms with van der Waals surface area (Å²) < 4.78 is 0. The van der Waals surface area contributed by atoms with Gasteiger partial charge in [-0.2, -0.15) is 0 Å². The van der Waals surface area contributed by atoms with E-state index in [0.29, 0.717) is 5.92 Å². The van der Waals surface area contributed by atoms with Crippen LogP contribution >= 0.6 is 0 Å². The molecule has 0 heterocycles. The van der Waals surface area contributed by atoms with Crippen LogP contribution in [0.1, 0.15) is 40.0 Å². The van der Waals surface area contributed by atoms with Crippen molar-refractivity contribution in [2.45, 2.75) is 40.0 Å². The molecule has 0 spiro atoms. The Bertz CT molecular complexity index is 88.7. The summed E-state index contributed by atoms with van der Waals surface area (Å²) in [6, 6.07) is 0. The normalized spacial score (nSPS) is 16.3. The fraction of sp³-hybridized carbons (Fsp3) is 0.889. The van der Waals surface area contributed by atoms with Gasteiger partial charge in [-0.1, -0.05) is 33.6 Å². The molecule has 0 unspecified atom stereocenters. The van der Waals surface area contributed by atoms with Crippen LogP contribution in [0.4, 0.5) is 0 Å². The molecular formula is C9H18O. The second kappa shape index (κ2) is 5.45.